The van der Waals surface area contributed by atoms with Gasteiger partial charge in [-0.05, 0) is 26.0 Å². The van der Waals surface area contributed by atoms with Crippen molar-refractivity contribution in [2.24, 2.45) is 0 Å². The Morgan fingerprint density at radius 1 is 1.41 bits per heavy atom. The van der Waals surface area contributed by atoms with Crippen molar-refractivity contribution in [1.29, 1.82) is 0 Å². The van der Waals surface area contributed by atoms with E-state index in [0.717, 1.165) is 0 Å². The van der Waals surface area contributed by atoms with E-state index in [0.29, 0.717) is 17.2 Å². The Labute approximate surface area is 125 Å². The van der Waals surface area contributed by atoms with Crippen LogP contribution in [0.5, 0.6) is 0 Å². The van der Waals surface area contributed by atoms with Crippen LogP contribution in [0.4, 0.5) is 0 Å². The minimum atomic E-state index is -0.626. The van der Waals surface area contributed by atoms with E-state index in [1.807, 2.05) is 0 Å². The van der Waals surface area contributed by atoms with Crippen LogP contribution in [0.25, 0.3) is 5.82 Å². The zero-order valence-electron chi connectivity index (χ0n) is 12.0. The van der Waals surface area contributed by atoms with Gasteiger partial charge in [0.2, 0.25) is 0 Å². The molecule has 112 valence electrons. The average molecular weight is 299 g/mol. The second kappa shape index (κ2) is 5.76. The summed E-state index contributed by atoms with van der Waals surface area (Å²) in [5, 5.41) is 3.67. The summed E-state index contributed by atoms with van der Waals surface area (Å²) < 4.78 is 12.0. The minimum absolute atomic E-state index is 0.259. The Morgan fingerprint density at radius 3 is 2.95 bits per heavy atom. The van der Waals surface area contributed by atoms with Crippen LogP contribution in [0.2, 0.25) is 0 Å². The van der Waals surface area contributed by atoms with Gasteiger partial charge in [-0.2, -0.15) is 4.98 Å². The maximum Gasteiger partial charge on any atom is 0.339 e. The van der Waals surface area contributed by atoms with E-state index in [4.69, 9.17) is 9.26 Å². The highest BCUT2D eigenvalue weighted by Gasteiger charge is 2.19. The van der Waals surface area contributed by atoms with Crippen LogP contribution >= 0.6 is 0 Å². The van der Waals surface area contributed by atoms with Gasteiger partial charge in [0.15, 0.2) is 11.9 Å². The highest BCUT2D eigenvalue weighted by molar-refractivity contribution is 5.89. The maximum absolute atomic E-state index is 12.2. The molecule has 0 aliphatic carbocycles. The molecule has 0 spiro atoms. The number of esters is 1. The zero-order valence-corrected chi connectivity index (χ0v) is 12.0. The van der Waals surface area contributed by atoms with Crippen LogP contribution in [0.15, 0.2) is 41.6 Å². The number of pyridine rings is 1. The zero-order chi connectivity index (χ0) is 15.5. The molecule has 0 saturated carbocycles. The van der Waals surface area contributed by atoms with Gasteiger partial charge in [0.25, 0.3) is 5.89 Å². The molecule has 8 heteroatoms. The molecule has 8 nitrogen and oxygen atoms in total. The highest BCUT2D eigenvalue weighted by atomic mass is 16.6. The Balaban J connectivity index is 1.76. The van der Waals surface area contributed by atoms with E-state index in [2.05, 4.69) is 20.1 Å². The summed E-state index contributed by atoms with van der Waals surface area (Å²) in [5.41, 5.74) is 0.377. The van der Waals surface area contributed by atoms with Crippen molar-refractivity contribution < 1.29 is 14.1 Å². The second-order valence-corrected chi connectivity index (χ2v) is 4.60. The molecule has 0 N–H and O–H groups in total. The monoisotopic (exact) mass is 299 g/mol. The van der Waals surface area contributed by atoms with Gasteiger partial charge in [0.05, 0.1) is 5.56 Å². The largest absolute Gasteiger partial charge is 0.449 e. The molecule has 0 amide bonds. The summed E-state index contributed by atoms with van der Waals surface area (Å²) in [6, 6.07) is 3.20. The fourth-order valence-corrected chi connectivity index (χ4v) is 1.84. The molecular formula is C14H13N5O3. The summed E-state index contributed by atoms with van der Waals surface area (Å²) in [7, 11) is 0. The van der Waals surface area contributed by atoms with Crippen molar-refractivity contribution in [2.45, 2.75) is 20.0 Å². The third-order valence-corrected chi connectivity index (χ3v) is 2.93. The van der Waals surface area contributed by atoms with Crippen molar-refractivity contribution in [1.82, 2.24) is 24.7 Å². The molecule has 0 saturated heterocycles. The van der Waals surface area contributed by atoms with Crippen LogP contribution in [0.1, 0.15) is 35.1 Å². The molecule has 3 aromatic heterocycles. The molecule has 1 unspecified atom stereocenters. The van der Waals surface area contributed by atoms with E-state index in [1.54, 1.807) is 49.3 Å². The summed E-state index contributed by atoms with van der Waals surface area (Å²) in [6.45, 7) is 3.37. The van der Waals surface area contributed by atoms with E-state index in [-0.39, 0.29) is 5.89 Å². The van der Waals surface area contributed by atoms with Crippen molar-refractivity contribution in [3.63, 3.8) is 0 Å². The topological polar surface area (TPSA) is 95.9 Å². The number of aryl methyl sites for hydroxylation is 1. The Bertz CT molecular complexity index is 781. The number of ether oxygens (including phenoxy) is 1. The molecule has 3 rings (SSSR count). The van der Waals surface area contributed by atoms with E-state index >= 15 is 0 Å². The van der Waals surface area contributed by atoms with Crippen LogP contribution in [0.3, 0.4) is 0 Å². The van der Waals surface area contributed by atoms with Crippen molar-refractivity contribution in [3.05, 3.63) is 54.3 Å². The van der Waals surface area contributed by atoms with Crippen molar-refractivity contribution >= 4 is 5.97 Å². The number of carbonyl (C=O) groups excluding carboxylic acids is 1. The molecule has 0 aromatic carbocycles. The van der Waals surface area contributed by atoms with Crippen molar-refractivity contribution in [2.75, 3.05) is 0 Å². The van der Waals surface area contributed by atoms with Gasteiger partial charge >= 0.3 is 5.97 Å². The number of nitrogens with zero attached hydrogens (tertiary/aromatic N) is 5. The van der Waals surface area contributed by atoms with Crippen LogP contribution in [0, 0.1) is 6.92 Å². The predicted octanol–water partition coefficient (Wildman–Crippen LogP) is 1.88. The third kappa shape index (κ3) is 2.85. The lowest BCUT2D eigenvalue weighted by Gasteiger charge is -2.09. The molecule has 22 heavy (non-hydrogen) atoms. The van der Waals surface area contributed by atoms with Crippen molar-refractivity contribution in [3.8, 4) is 5.82 Å². The molecule has 0 radical (unpaired) electrons. The quantitative estimate of drug-likeness (QED) is 0.678. The smallest absolute Gasteiger partial charge is 0.339 e. The molecule has 0 aliphatic rings. The number of rotatable bonds is 4. The highest BCUT2D eigenvalue weighted by Crippen LogP contribution is 2.17. The predicted molar refractivity (Wildman–Crippen MR) is 74.2 cm³/mol. The van der Waals surface area contributed by atoms with E-state index < -0.39 is 12.1 Å². The van der Waals surface area contributed by atoms with Gasteiger partial charge in [-0.1, -0.05) is 5.16 Å². The summed E-state index contributed by atoms with van der Waals surface area (Å²) in [6.07, 6.45) is 5.88. The molecule has 3 heterocycles. The summed E-state index contributed by atoms with van der Waals surface area (Å²) >= 11 is 0. The first-order chi connectivity index (χ1) is 10.6. The Morgan fingerprint density at radius 2 is 2.27 bits per heavy atom. The Hall–Kier alpha value is -3.03. The fourth-order valence-electron chi connectivity index (χ4n) is 1.84. The minimum Gasteiger partial charge on any atom is -0.449 e. The van der Waals surface area contributed by atoms with Crippen LogP contribution < -0.4 is 0 Å². The average Bonchev–Trinajstić information content (AvgIpc) is 3.18. The normalized spacial score (nSPS) is 12.1. The first-order valence-electron chi connectivity index (χ1n) is 6.59. The standard InChI is InChI=1S/C14H13N5O3/c1-9(13-17-10(2)18-22-13)21-14(20)11-3-4-16-12(7-11)19-6-5-15-8-19/h3-9H,1-2H3. The number of aromatic nitrogens is 5. The fraction of sp³-hybridized carbons (Fsp3) is 0.214. The van der Waals surface area contributed by atoms with E-state index in [1.165, 1.54) is 6.20 Å². The van der Waals surface area contributed by atoms with Gasteiger partial charge < -0.3 is 9.26 Å². The molecule has 3 aromatic rings. The van der Waals surface area contributed by atoms with Gasteiger partial charge in [-0.3, -0.25) is 4.57 Å². The number of imidazole rings is 1. The molecule has 1 atom stereocenters. The second-order valence-electron chi connectivity index (χ2n) is 4.60. The SMILES string of the molecule is Cc1noc(C(C)OC(=O)c2ccnc(-n3ccnc3)c2)n1. The number of hydrogen-bond donors (Lipinski definition) is 0. The third-order valence-electron chi connectivity index (χ3n) is 2.93. The van der Waals surface area contributed by atoms with Gasteiger partial charge in [-0.15, -0.1) is 0 Å². The van der Waals surface area contributed by atoms with Crippen LogP contribution in [-0.2, 0) is 4.74 Å². The number of carbonyl (C=O) groups is 1. The first kappa shape index (κ1) is 13.9. The molecular weight excluding hydrogens is 286 g/mol. The lowest BCUT2D eigenvalue weighted by molar-refractivity contribution is 0.0265. The summed E-state index contributed by atoms with van der Waals surface area (Å²) in [4.78, 5) is 24.3. The molecule has 0 bridgehead atoms. The van der Waals surface area contributed by atoms with Gasteiger partial charge in [-0.25, -0.2) is 14.8 Å². The lowest BCUT2D eigenvalue weighted by atomic mass is 10.2. The van der Waals surface area contributed by atoms with E-state index in [9.17, 15) is 4.79 Å². The molecule has 0 aliphatic heterocycles. The van der Waals surface area contributed by atoms with Gasteiger partial charge in [0, 0.05) is 18.6 Å². The maximum atomic E-state index is 12.2. The Kier molecular flexibility index (Phi) is 3.65. The van der Waals surface area contributed by atoms with Crippen LogP contribution in [-0.4, -0.2) is 30.6 Å². The number of hydrogen-bond acceptors (Lipinski definition) is 7. The first-order valence-corrected chi connectivity index (χ1v) is 6.59. The van der Waals surface area contributed by atoms with Gasteiger partial charge in [0.1, 0.15) is 12.1 Å². The molecule has 0 fully saturated rings. The summed E-state index contributed by atoms with van der Waals surface area (Å²) in [5.74, 6) is 0.833. The lowest BCUT2D eigenvalue weighted by Crippen LogP contribution is -2.10.